The second-order valence-corrected chi connectivity index (χ2v) is 11.5. The van der Waals surface area contributed by atoms with Crippen LogP contribution in [0.2, 0.25) is 18.1 Å². The maximum atomic E-state index is 10.5. The second kappa shape index (κ2) is 6.40. The van der Waals surface area contributed by atoms with E-state index in [0.29, 0.717) is 0 Å². The van der Waals surface area contributed by atoms with Gasteiger partial charge in [-0.2, -0.15) is 0 Å². The fourth-order valence-electron chi connectivity index (χ4n) is 2.33. The van der Waals surface area contributed by atoms with Crippen LogP contribution in [0, 0.1) is 0 Å². The van der Waals surface area contributed by atoms with E-state index in [1.54, 1.807) is 7.11 Å². The summed E-state index contributed by atoms with van der Waals surface area (Å²) in [6, 6.07) is 12.5. The number of hydrogen-bond donors (Lipinski definition) is 1. The minimum Gasteiger partial charge on any atom is -0.468 e. The van der Waals surface area contributed by atoms with Crippen LogP contribution in [0.5, 0.6) is 5.75 Å². The standard InChI is InChI=1S/C18H26O3Si/c1-18(2,22(4,5)19)12-14-6-7-15-8-9-17(21-13-20-3)11-16(15)10-14/h6-11,19H,12-13H2,1-5H3. The first-order valence-corrected chi connectivity index (χ1v) is 10.5. The van der Waals surface area contributed by atoms with E-state index >= 15 is 0 Å². The van der Waals surface area contributed by atoms with Crippen molar-refractivity contribution in [1.29, 1.82) is 0 Å². The summed E-state index contributed by atoms with van der Waals surface area (Å²) in [5.74, 6) is 0.808. The van der Waals surface area contributed by atoms with Crippen molar-refractivity contribution in [1.82, 2.24) is 0 Å². The Hall–Kier alpha value is -1.36. The fraction of sp³-hybridized carbons (Fsp3) is 0.444. The molecule has 2 rings (SSSR count). The maximum absolute atomic E-state index is 10.5. The number of rotatable bonds is 6. The van der Waals surface area contributed by atoms with Gasteiger partial charge < -0.3 is 14.3 Å². The van der Waals surface area contributed by atoms with Crippen LogP contribution < -0.4 is 4.74 Å². The van der Waals surface area contributed by atoms with Gasteiger partial charge in [-0.1, -0.05) is 38.1 Å². The fourth-order valence-corrected chi connectivity index (χ4v) is 2.96. The summed E-state index contributed by atoms with van der Waals surface area (Å²) in [5, 5.41) is 2.27. The molecule has 0 atom stereocenters. The zero-order valence-electron chi connectivity index (χ0n) is 14.1. The molecule has 0 heterocycles. The van der Waals surface area contributed by atoms with Crippen molar-refractivity contribution in [3.05, 3.63) is 42.0 Å². The minimum atomic E-state index is -2.20. The molecule has 0 bridgehead atoms. The van der Waals surface area contributed by atoms with Crippen molar-refractivity contribution in [2.24, 2.45) is 0 Å². The monoisotopic (exact) mass is 318 g/mol. The molecule has 0 unspecified atom stereocenters. The summed E-state index contributed by atoms with van der Waals surface area (Å²) in [7, 11) is -0.592. The van der Waals surface area contributed by atoms with E-state index in [1.807, 2.05) is 25.2 Å². The third kappa shape index (κ3) is 3.88. The van der Waals surface area contributed by atoms with Crippen molar-refractivity contribution in [3.63, 3.8) is 0 Å². The molecule has 22 heavy (non-hydrogen) atoms. The molecule has 2 aromatic carbocycles. The normalized spacial score (nSPS) is 12.6. The first-order valence-electron chi connectivity index (χ1n) is 7.60. The third-order valence-corrected chi connectivity index (χ3v) is 8.01. The van der Waals surface area contributed by atoms with Crippen molar-refractivity contribution in [3.8, 4) is 5.75 Å². The number of hydrogen-bond acceptors (Lipinski definition) is 3. The second-order valence-electron chi connectivity index (χ2n) is 7.01. The molecule has 3 nitrogen and oxygen atoms in total. The van der Waals surface area contributed by atoms with E-state index in [0.717, 1.165) is 17.6 Å². The largest absolute Gasteiger partial charge is 0.468 e. The van der Waals surface area contributed by atoms with Crippen LogP contribution in [-0.4, -0.2) is 27.0 Å². The number of ether oxygens (including phenoxy) is 2. The highest BCUT2D eigenvalue weighted by Crippen LogP contribution is 2.39. The van der Waals surface area contributed by atoms with E-state index < -0.39 is 8.32 Å². The molecule has 0 aromatic heterocycles. The van der Waals surface area contributed by atoms with Crippen molar-refractivity contribution in [2.75, 3.05) is 13.9 Å². The molecule has 0 spiro atoms. The highest BCUT2D eigenvalue weighted by Gasteiger charge is 2.37. The molecule has 120 valence electrons. The van der Waals surface area contributed by atoms with Gasteiger partial charge in [0.1, 0.15) is 5.75 Å². The molecule has 0 aliphatic rings. The molecule has 0 saturated heterocycles. The summed E-state index contributed by atoms with van der Waals surface area (Å²) in [4.78, 5) is 10.5. The number of benzene rings is 2. The summed E-state index contributed by atoms with van der Waals surface area (Å²) in [6.45, 7) is 8.57. The van der Waals surface area contributed by atoms with Crippen LogP contribution >= 0.6 is 0 Å². The van der Waals surface area contributed by atoms with Crippen LogP contribution in [0.25, 0.3) is 10.8 Å². The lowest BCUT2D eigenvalue weighted by atomic mass is 9.99. The molecule has 2 aromatic rings. The van der Waals surface area contributed by atoms with Crippen molar-refractivity contribution in [2.45, 2.75) is 38.4 Å². The Morgan fingerprint density at radius 1 is 1.05 bits per heavy atom. The van der Waals surface area contributed by atoms with Gasteiger partial charge in [-0.05, 0) is 53.0 Å². The summed E-state index contributed by atoms with van der Waals surface area (Å²) in [5.41, 5.74) is 1.25. The Morgan fingerprint density at radius 3 is 2.36 bits per heavy atom. The molecule has 0 amide bonds. The van der Waals surface area contributed by atoms with Gasteiger partial charge in [0, 0.05) is 7.11 Å². The third-order valence-electron chi connectivity index (χ3n) is 4.52. The molecule has 0 fully saturated rings. The first kappa shape index (κ1) is 17.0. The molecular weight excluding hydrogens is 292 g/mol. The molecule has 0 aliphatic heterocycles. The van der Waals surface area contributed by atoms with Crippen LogP contribution in [-0.2, 0) is 11.2 Å². The predicted molar refractivity (Wildman–Crippen MR) is 93.9 cm³/mol. The zero-order chi connectivity index (χ0) is 16.4. The molecule has 0 radical (unpaired) electrons. The smallest absolute Gasteiger partial charge is 0.188 e. The highest BCUT2D eigenvalue weighted by atomic mass is 28.4. The Balaban J connectivity index is 2.29. The Labute approximate surface area is 134 Å². The van der Waals surface area contributed by atoms with E-state index in [4.69, 9.17) is 9.47 Å². The van der Waals surface area contributed by atoms with Crippen molar-refractivity contribution < 1.29 is 14.3 Å². The topological polar surface area (TPSA) is 38.7 Å². The van der Waals surface area contributed by atoms with E-state index in [2.05, 4.69) is 38.1 Å². The molecule has 0 saturated carbocycles. The van der Waals surface area contributed by atoms with Gasteiger partial charge in [0.2, 0.25) is 0 Å². The van der Waals surface area contributed by atoms with E-state index in [-0.39, 0.29) is 11.8 Å². The van der Waals surface area contributed by atoms with Gasteiger partial charge in [0.05, 0.1) is 0 Å². The van der Waals surface area contributed by atoms with Gasteiger partial charge in [0.25, 0.3) is 0 Å². The van der Waals surface area contributed by atoms with Crippen LogP contribution in [0.3, 0.4) is 0 Å². The summed E-state index contributed by atoms with van der Waals surface area (Å²) in [6.07, 6.45) is 0.877. The number of methoxy groups -OCH3 is 1. The Kier molecular flexibility index (Phi) is 4.95. The molecular formula is C18H26O3Si. The SMILES string of the molecule is COCOc1ccc2ccc(CC(C)(C)[Si](C)(C)O)cc2c1. The van der Waals surface area contributed by atoms with Gasteiger partial charge in [-0.3, -0.25) is 0 Å². The first-order chi connectivity index (χ1) is 10.2. The predicted octanol–water partition coefficient (Wildman–Crippen LogP) is 4.34. The highest BCUT2D eigenvalue weighted by molar-refractivity contribution is 6.72. The summed E-state index contributed by atoms with van der Waals surface area (Å²) < 4.78 is 10.4. The van der Waals surface area contributed by atoms with Crippen LogP contribution in [0.1, 0.15) is 19.4 Å². The minimum absolute atomic E-state index is 0.0646. The lowest BCUT2D eigenvalue weighted by molar-refractivity contribution is 0.0512. The maximum Gasteiger partial charge on any atom is 0.188 e. The lowest BCUT2D eigenvalue weighted by Crippen LogP contribution is -2.40. The van der Waals surface area contributed by atoms with Gasteiger partial charge in [0.15, 0.2) is 15.1 Å². The van der Waals surface area contributed by atoms with Gasteiger partial charge >= 0.3 is 0 Å². The lowest BCUT2D eigenvalue weighted by Gasteiger charge is -2.35. The Morgan fingerprint density at radius 2 is 1.73 bits per heavy atom. The van der Waals surface area contributed by atoms with Gasteiger partial charge in [-0.25, -0.2) is 0 Å². The van der Waals surface area contributed by atoms with Gasteiger partial charge in [-0.15, -0.1) is 0 Å². The zero-order valence-corrected chi connectivity index (χ0v) is 15.1. The average Bonchev–Trinajstić information content (AvgIpc) is 2.43. The molecule has 1 N–H and O–H groups in total. The quantitative estimate of drug-likeness (QED) is 0.636. The van der Waals surface area contributed by atoms with Crippen LogP contribution in [0.4, 0.5) is 0 Å². The summed E-state index contributed by atoms with van der Waals surface area (Å²) >= 11 is 0. The molecule has 4 heteroatoms. The van der Waals surface area contributed by atoms with Crippen LogP contribution in [0.15, 0.2) is 36.4 Å². The average molecular weight is 318 g/mol. The number of fused-ring (bicyclic) bond motifs is 1. The van der Waals surface area contributed by atoms with Crippen molar-refractivity contribution >= 4 is 19.1 Å². The van der Waals surface area contributed by atoms with E-state index in [9.17, 15) is 4.80 Å². The Bertz CT molecular complexity index is 644. The molecule has 0 aliphatic carbocycles. The van der Waals surface area contributed by atoms with E-state index in [1.165, 1.54) is 10.9 Å².